The third-order valence-electron chi connectivity index (χ3n) is 5.39. The van der Waals surface area contributed by atoms with E-state index in [1.807, 2.05) is 91.0 Å². The SMILES string of the molecule is c1ccc(CNc2cccc(Nc3cccc(Nc4cccc(NCc5ccccc5)n4)n3)n2)cc1. The fourth-order valence-corrected chi connectivity index (χ4v) is 3.62. The highest BCUT2D eigenvalue weighted by Gasteiger charge is 2.04. The van der Waals surface area contributed by atoms with Gasteiger partial charge in [0.05, 0.1) is 0 Å². The van der Waals surface area contributed by atoms with Gasteiger partial charge in [-0.3, -0.25) is 0 Å². The van der Waals surface area contributed by atoms with Gasteiger partial charge in [0.1, 0.15) is 34.9 Å². The number of anilines is 6. The molecule has 4 N–H and O–H groups in total. The Kier molecular flexibility index (Phi) is 7.29. The molecule has 3 heterocycles. The molecule has 0 amide bonds. The quantitative estimate of drug-likeness (QED) is 0.182. The first-order valence-electron chi connectivity index (χ1n) is 11.8. The number of nitrogens with zero attached hydrogens (tertiary/aromatic N) is 3. The number of aromatic nitrogens is 3. The minimum atomic E-state index is 0.686. The summed E-state index contributed by atoms with van der Waals surface area (Å²) in [5.41, 5.74) is 2.40. The topological polar surface area (TPSA) is 86.8 Å². The van der Waals surface area contributed by atoms with Gasteiger partial charge < -0.3 is 21.3 Å². The maximum Gasteiger partial charge on any atom is 0.133 e. The van der Waals surface area contributed by atoms with Crippen LogP contribution < -0.4 is 21.3 Å². The van der Waals surface area contributed by atoms with Gasteiger partial charge in [0.25, 0.3) is 0 Å². The molecule has 0 unspecified atom stereocenters. The van der Waals surface area contributed by atoms with Crippen molar-refractivity contribution in [2.75, 3.05) is 21.3 Å². The molecule has 36 heavy (non-hydrogen) atoms. The zero-order chi connectivity index (χ0) is 24.4. The molecule has 7 nitrogen and oxygen atoms in total. The van der Waals surface area contributed by atoms with Crippen LogP contribution in [0.25, 0.3) is 0 Å². The van der Waals surface area contributed by atoms with E-state index in [1.165, 1.54) is 11.1 Å². The van der Waals surface area contributed by atoms with Gasteiger partial charge in [-0.2, -0.15) is 0 Å². The Balaban J connectivity index is 1.20. The van der Waals surface area contributed by atoms with Crippen molar-refractivity contribution in [3.05, 3.63) is 126 Å². The Bertz CT molecular complexity index is 1290. The summed E-state index contributed by atoms with van der Waals surface area (Å²) in [6, 6.07) is 37.9. The Hall–Kier alpha value is -4.91. The molecule has 178 valence electrons. The normalized spacial score (nSPS) is 10.4. The first-order chi connectivity index (χ1) is 17.8. The second-order valence-electron chi connectivity index (χ2n) is 8.15. The van der Waals surface area contributed by atoms with Crippen LogP contribution in [0.15, 0.2) is 115 Å². The Morgan fingerprint density at radius 3 is 1.08 bits per heavy atom. The van der Waals surface area contributed by atoms with Crippen molar-refractivity contribution in [2.45, 2.75) is 13.1 Å². The van der Waals surface area contributed by atoms with Crippen LogP contribution in [0.3, 0.4) is 0 Å². The molecule has 0 radical (unpaired) electrons. The van der Waals surface area contributed by atoms with Crippen LogP contribution in [0.5, 0.6) is 0 Å². The van der Waals surface area contributed by atoms with Crippen LogP contribution >= 0.6 is 0 Å². The fourth-order valence-electron chi connectivity index (χ4n) is 3.62. The summed E-state index contributed by atoms with van der Waals surface area (Å²) < 4.78 is 0. The molecule has 0 aliphatic heterocycles. The van der Waals surface area contributed by atoms with E-state index >= 15 is 0 Å². The predicted molar refractivity (Wildman–Crippen MR) is 147 cm³/mol. The molecule has 0 aliphatic carbocycles. The van der Waals surface area contributed by atoms with Gasteiger partial charge in [-0.1, -0.05) is 78.9 Å². The van der Waals surface area contributed by atoms with E-state index in [2.05, 4.69) is 60.5 Å². The minimum absolute atomic E-state index is 0.686. The molecule has 0 atom stereocenters. The third kappa shape index (κ3) is 6.57. The zero-order valence-electron chi connectivity index (χ0n) is 19.7. The summed E-state index contributed by atoms with van der Waals surface area (Å²) in [5.74, 6) is 4.38. The second kappa shape index (κ2) is 11.5. The third-order valence-corrected chi connectivity index (χ3v) is 5.39. The van der Waals surface area contributed by atoms with E-state index in [0.29, 0.717) is 36.4 Å². The molecular weight excluding hydrogens is 446 g/mol. The van der Waals surface area contributed by atoms with Gasteiger partial charge in [0.2, 0.25) is 0 Å². The molecule has 0 saturated carbocycles. The lowest BCUT2D eigenvalue weighted by Gasteiger charge is -2.11. The Morgan fingerprint density at radius 1 is 0.361 bits per heavy atom. The fraction of sp³-hybridized carbons (Fsp3) is 0.0690. The summed E-state index contributed by atoms with van der Waals surface area (Å²) in [6.07, 6.45) is 0. The standard InChI is InChI=1S/C29H27N7/c1-3-10-22(11-4-1)20-30-24-14-7-16-26(32-24)34-28-18-9-19-29(36-28)35-27-17-8-15-25(33-27)31-21-23-12-5-2-6-13-23/h1-19H,20-21H2,(H4,30,31,32,33,34,35,36). The van der Waals surface area contributed by atoms with Crippen LogP contribution in [0, 0.1) is 0 Å². The van der Waals surface area contributed by atoms with Gasteiger partial charge in [0.15, 0.2) is 0 Å². The van der Waals surface area contributed by atoms with Crippen LogP contribution in [-0.2, 0) is 13.1 Å². The molecule has 5 rings (SSSR count). The van der Waals surface area contributed by atoms with Crippen LogP contribution in [-0.4, -0.2) is 15.0 Å². The summed E-state index contributed by atoms with van der Waals surface area (Å²) in [6.45, 7) is 1.42. The average molecular weight is 474 g/mol. The lowest BCUT2D eigenvalue weighted by atomic mass is 10.2. The van der Waals surface area contributed by atoms with Gasteiger partial charge in [-0.15, -0.1) is 0 Å². The number of nitrogens with one attached hydrogen (secondary N) is 4. The molecule has 0 saturated heterocycles. The summed E-state index contributed by atoms with van der Waals surface area (Å²) in [4.78, 5) is 14.0. The van der Waals surface area contributed by atoms with Crippen molar-refractivity contribution in [1.29, 1.82) is 0 Å². The maximum absolute atomic E-state index is 4.67. The molecule has 5 aromatic rings. The van der Waals surface area contributed by atoms with E-state index in [-0.39, 0.29) is 0 Å². The van der Waals surface area contributed by atoms with Gasteiger partial charge >= 0.3 is 0 Å². The average Bonchev–Trinajstić information content (AvgIpc) is 2.93. The lowest BCUT2D eigenvalue weighted by Crippen LogP contribution is -2.04. The number of rotatable bonds is 10. The summed E-state index contributed by atoms with van der Waals surface area (Å²) >= 11 is 0. The molecule has 0 spiro atoms. The number of hydrogen-bond donors (Lipinski definition) is 4. The van der Waals surface area contributed by atoms with Crippen molar-refractivity contribution in [1.82, 2.24) is 15.0 Å². The van der Waals surface area contributed by atoms with Crippen molar-refractivity contribution in [3.63, 3.8) is 0 Å². The summed E-state index contributed by atoms with van der Waals surface area (Å²) in [7, 11) is 0. The van der Waals surface area contributed by atoms with Crippen LogP contribution in [0.1, 0.15) is 11.1 Å². The molecule has 7 heteroatoms. The number of pyridine rings is 3. The molecular formula is C29H27N7. The summed E-state index contributed by atoms with van der Waals surface area (Å²) in [5, 5.41) is 13.3. The van der Waals surface area contributed by atoms with Gasteiger partial charge in [0, 0.05) is 13.1 Å². The second-order valence-corrected chi connectivity index (χ2v) is 8.15. The van der Waals surface area contributed by atoms with E-state index in [9.17, 15) is 0 Å². The first-order valence-corrected chi connectivity index (χ1v) is 11.8. The Labute approximate surface area is 210 Å². The van der Waals surface area contributed by atoms with Crippen molar-refractivity contribution in [3.8, 4) is 0 Å². The zero-order valence-corrected chi connectivity index (χ0v) is 19.7. The predicted octanol–water partition coefficient (Wildman–Crippen LogP) is 6.58. The minimum Gasteiger partial charge on any atom is -0.366 e. The maximum atomic E-state index is 4.67. The number of benzene rings is 2. The van der Waals surface area contributed by atoms with Crippen LogP contribution in [0.4, 0.5) is 34.9 Å². The highest BCUT2D eigenvalue weighted by molar-refractivity contribution is 5.60. The highest BCUT2D eigenvalue weighted by atomic mass is 15.1. The lowest BCUT2D eigenvalue weighted by molar-refractivity contribution is 1.11. The number of hydrogen-bond acceptors (Lipinski definition) is 7. The van der Waals surface area contributed by atoms with E-state index in [4.69, 9.17) is 0 Å². The smallest absolute Gasteiger partial charge is 0.133 e. The van der Waals surface area contributed by atoms with Crippen LogP contribution in [0.2, 0.25) is 0 Å². The van der Waals surface area contributed by atoms with E-state index in [1.54, 1.807) is 0 Å². The highest BCUT2D eigenvalue weighted by Crippen LogP contribution is 2.20. The van der Waals surface area contributed by atoms with Crippen molar-refractivity contribution in [2.24, 2.45) is 0 Å². The van der Waals surface area contributed by atoms with Gasteiger partial charge in [-0.05, 0) is 47.5 Å². The van der Waals surface area contributed by atoms with Crippen molar-refractivity contribution < 1.29 is 0 Å². The van der Waals surface area contributed by atoms with E-state index < -0.39 is 0 Å². The largest absolute Gasteiger partial charge is 0.366 e. The first kappa shape index (κ1) is 22.9. The molecule has 2 aromatic carbocycles. The molecule has 0 aliphatic rings. The monoisotopic (exact) mass is 473 g/mol. The van der Waals surface area contributed by atoms with Crippen molar-refractivity contribution >= 4 is 34.9 Å². The molecule has 3 aromatic heterocycles. The molecule has 0 fully saturated rings. The molecule has 0 bridgehead atoms. The van der Waals surface area contributed by atoms with Gasteiger partial charge in [-0.25, -0.2) is 15.0 Å². The Morgan fingerprint density at radius 2 is 0.694 bits per heavy atom. The van der Waals surface area contributed by atoms with E-state index in [0.717, 1.165) is 11.6 Å².